The van der Waals surface area contributed by atoms with Gasteiger partial charge in [0.25, 0.3) is 0 Å². The Morgan fingerprint density at radius 3 is 2.72 bits per heavy atom. The highest BCUT2D eigenvalue weighted by atomic mass is 16.7. The largest absolute Gasteiger partial charge is 0.511 e. The van der Waals surface area contributed by atoms with Crippen LogP contribution in [0, 0.1) is 0 Å². The van der Waals surface area contributed by atoms with Crippen molar-refractivity contribution >= 4 is 17.7 Å². The number of hydrogen-bond donors (Lipinski definition) is 2. The van der Waals surface area contributed by atoms with Gasteiger partial charge in [-0.1, -0.05) is 12.8 Å². The number of carbonyl (C=O) groups is 2. The van der Waals surface area contributed by atoms with Crippen LogP contribution in [0.15, 0.2) is 18.2 Å². The Bertz CT molecular complexity index is 532. The zero-order valence-corrected chi connectivity index (χ0v) is 9.73. The van der Waals surface area contributed by atoms with Gasteiger partial charge in [0.05, 0.1) is 5.41 Å². The molecule has 0 aromatic heterocycles. The van der Waals surface area contributed by atoms with Gasteiger partial charge >= 0.3 is 6.16 Å². The van der Waals surface area contributed by atoms with Gasteiger partial charge in [-0.05, 0) is 36.6 Å². The zero-order chi connectivity index (χ0) is 12.8. The van der Waals surface area contributed by atoms with Crippen molar-refractivity contribution in [3.05, 3.63) is 23.8 Å². The molecule has 1 amide bonds. The summed E-state index contributed by atoms with van der Waals surface area (Å²) in [6.45, 7) is 0. The van der Waals surface area contributed by atoms with Crippen LogP contribution in [0.2, 0.25) is 0 Å². The molecular formula is C13H13NO4. The van der Waals surface area contributed by atoms with Gasteiger partial charge in [-0.2, -0.15) is 0 Å². The Labute approximate surface area is 104 Å². The number of nitrogens with one attached hydrogen (secondary N) is 1. The zero-order valence-electron chi connectivity index (χ0n) is 9.73. The molecule has 1 aromatic carbocycles. The normalized spacial score (nSPS) is 19.7. The Balaban J connectivity index is 2.05. The third-order valence-electron chi connectivity index (χ3n) is 3.85. The van der Waals surface area contributed by atoms with E-state index >= 15 is 0 Å². The molecule has 1 aliphatic carbocycles. The summed E-state index contributed by atoms with van der Waals surface area (Å²) in [4.78, 5) is 22.7. The van der Waals surface area contributed by atoms with Gasteiger partial charge in [-0.25, -0.2) is 4.79 Å². The number of ether oxygens (including phenoxy) is 1. The molecule has 5 nitrogen and oxygen atoms in total. The topological polar surface area (TPSA) is 75.6 Å². The maximum atomic E-state index is 12.1. The van der Waals surface area contributed by atoms with Crippen molar-refractivity contribution in [1.82, 2.24) is 0 Å². The molecule has 0 saturated heterocycles. The molecule has 5 heteroatoms. The maximum absolute atomic E-state index is 12.1. The number of fused-ring (bicyclic) bond motifs is 2. The highest BCUT2D eigenvalue weighted by Crippen LogP contribution is 2.49. The molecule has 1 aromatic rings. The molecule has 0 atom stereocenters. The van der Waals surface area contributed by atoms with Crippen LogP contribution >= 0.6 is 0 Å². The number of anilines is 1. The average Bonchev–Trinajstić information content (AvgIpc) is 2.89. The molecular weight excluding hydrogens is 234 g/mol. The SMILES string of the molecule is O=C(O)Oc1ccc2c(c1)C1(CCCC1)C(=O)N2. The van der Waals surface area contributed by atoms with Crippen molar-refractivity contribution in [3.63, 3.8) is 0 Å². The molecule has 94 valence electrons. The lowest BCUT2D eigenvalue weighted by Gasteiger charge is -2.20. The van der Waals surface area contributed by atoms with Crippen LogP contribution in [0.1, 0.15) is 31.2 Å². The fourth-order valence-corrected chi connectivity index (χ4v) is 3.03. The van der Waals surface area contributed by atoms with Crippen LogP contribution in [0.4, 0.5) is 10.5 Å². The Morgan fingerprint density at radius 2 is 2.06 bits per heavy atom. The molecule has 1 spiro atoms. The van der Waals surface area contributed by atoms with Gasteiger partial charge in [-0.15, -0.1) is 0 Å². The average molecular weight is 247 g/mol. The maximum Gasteiger partial charge on any atom is 0.511 e. The fraction of sp³-hybridized carbons (Fsp3) is 0.385. The van der Waals surface area contributed by atoms with E-state index in [9.17, 15) is 9.59 Å². The van der Waals surface area contributed by atoms with Crippen molar-refractivity contribution < 1.29 is 19.4 Å². The number of benzene rings is 1. The Morgan fingerprint density at radius 1 is 1.33 bits per heavy atom. The summed E-state index contributed by atoms with van der Waals surface area (Å²) in [6, 6.07) is 4.94. The van der Waals surface area contributed by atoms with Crippen molar-refractivity contribution in [3.8, 4) is 5.75 Å². The molecule has 0 radical (unpaired) electrons. The van der Waals surface area contributed by atoms with E-state index in [-0.39, 0.29) is 11.7 Å². The van der Waals surface area contributed by atoms with Gasteiger partial charge in [0.1, 0.15) is 5.75 Å². The van der Waals surface area contributed by atoms with E-state index in [1.807, 2.05) is 0 Å². The number of rotatable bonds is 1. The number of carboxylic acid groups (broad SMARTS) is 1. The van der Waals surface area contributed by atoms with E-state index in [0.29, 0.717) is 0 Å². The van der Waals surface area contributed by atoms with E-state index in [2.05, 4.69) is 10.1 Å². The minimum absolute atomic E-state index is 0.0301. The lowest BCUT2D eigenvalue weighted by atomic mass is 9.80. The van der Waals surface area contributed by atoms with E-state index in [0.717, 1.165) is 36.9 Å². The number of hydrogen-bond acceptors (Lipinski definition) is 3. The standard InChI is InChI=1S/C13H13NO4/c15-11-13(5-1-2-6-13)9-7-8(18-12(16)17)3-4-10(9)14-11/h3-4,7H,1-2,5-6H2,(H,14,15)(H,16,17). The van der Waals surface area contributed by atoms with Gasteiger partial charge < -0.3 is 15.2 Å². The van der Waals surface area contributed by atoms with E-state index < -0.39 is 11.6 Å². The molecule has 2 aliphatic rings. The van der Waals surface area contributed by atoms with E-state index in [1.54, 1.807) is 18.2 Å². The summed E-state index contributed by atoms with van der Waals surface area (Å²) >= 11 is 0. The number of amides is 1. The van der Waals surface area contributed by atoms with Crippen LogP contribution in [0.5, 0.6) is 5.75 Å². The van der Waals surface area contributed by atoms with Gasteiger partial charge in [0.2, 0.25) is 5.91 Å². The quantitative estimate of drug-likeness (QED) is 0.590. The van der Waals surface area contributed by atoms with Crippen LogP contribution < -0.4 is 10.1 Å². The van der Waals surface area contributed by atoms with Crippen LogP contribution in [0.25, 0.3) is 0 Å². The lowest BCUT2D eigenvalue weighted by molar-refractivity contribution is -0.120. The molecule has 1 aliphatic heterocycles. The molecule has 1 saturated carbocycles. The van der Waals surface area contributed by atoms with Gasteiger partial charge in [0.15, 0.2) is 0 Å². The van der Waals surface area contributed by atoms with Crippen molar-refractivity contribution in [2.75, 3.05) is 5.32 Å². The van der Waals surface area contributed by atoms with Crippen LogP contribution in [0.3, 0.4) is 0 Å². The number of carbonyl (C=O) groups excluding carboxylic acids is 1. The summed E-state index contributed by atoms with van der Waals surface area (Å²) in [5.74, 6) is 0.298. The lowest BCUT2D eigenvalue weighted by Crippen LogP contribution is -2.30. The van der Waals surface area contributed by atoms with Gasteiger partial charge in [-0.3, -0.25) is 4.79 Å². The highest BCUT2D eigenvalue weighted by Gasteiger charge is 2.48. The summed E-state index contributed by atoms with van der Waals surface area (Å²) in [5.41, 5.74) is 1.19. The Kier molecular flexibility index (Phi) is 2.29. The summed E-state index contributed by atoms with van der Waals surface area (Å²) < 4.78 is 4.66. The third-order valence-corrected chi connectivity index (χ3v) is 3.85. The highest BCUT2D eigenvalue weighted by molar-refractivity contribution is 6.06. The second kappa shape index (κ2) is 3.73. The monoisotopic (exact) mass is 247 g/mol. The summed E-state index contributed by atoms with van der Waals surface area (Å²) in [7, 11) is 0. The molecule has 1 fully saturated rings. The molecule has 3 rings (SSSR count). The molecule has 0 bridgehead atoms. The van der Waals surface area contributed by atoms with Crippen LogP contribution in [-0.2, 0) is 10.2 Å². The second-order valence-electron chi connectivity index (χ2n) is 4.82. The van der Waals surface area contributed by atoms with Crippen molar-refractivity contribution in [2.45, 2.75) is 31.1 Å². The molecule has 2 N–H and O–H groups in total. The van der Waals surface area contributed by atoms with Gasteiger partial charge in [0, 0.05) is 5.69 Å². The Hall–Kier alpha value is -2.04. The minimum atomic E-state index is -1.34. The molecule has 0 unspecified atom stereocenters. The predicted molar refractivity (Wildman–Crippen MR) is 63.9 cm³/mol. The predicted octanol–water partition coefficient (Wildman–Crippen LogP) is 2.51. The van der Waals surface area contributed by atoms with E-state index in [1.165, 1.54) is 0 Å². The summed E-state index contributed by atoms with van der Waals surface area (Å²) in [6.07, 6.45) is 2.35. The van der Waals surface area contributed by atoms with Crippen LogP contribution in [-0.4, -0.2) is 17.2 Å². The fourth-order valence-electron chi connectivity index (χ4n) is 3.03. The third kappa shape index (κ3) is 1.47. The van der Waals surface area contributed by atoms with Crippen molar-refractivity contribution in [2.24, 2.45) is 0 Å². The smallest absolute Gasteiger partial charge is 0.449 e. The first-order valence-corrected chi connectivity index (χ1v) is 5.99. The molecule has 1 heterocycles. The minimum Gasteiger partial charge on any atom is -0.449 e. The molecule has 18 heavy (non-hydrogen) atoms. The first-order valence-electron chi connectivity index (χ1n) is 5.99. The summed E-state index contributed by atoms with van der Waals surface area (Å²) in [5, 5.41) is 11.5. The van der Waals surface area contributed by atoms with Crippen molar-refractivity contribution in [1.29, 1.82) is 0 Å². The first kappa shape index (κ1) is 11.1. The second-order valence-corrected chi connectivity index (χ2v) is 4.82. The first-order chi connectivity index (χ1) is 8.62. The van der Waals surface area contributed by atoms with E-state index in [4.69, 9.17) is 5.11 Å².